The molecule has 2 amide bonds. The molecule has 0 atom stereocenters. The Labute approximate surface area is 140 Å². The minimum atomic E-state index is -0.201. The highest BCUT2D eigenvalue weighted by Crippen LogP contribution is 2.29. The molecule has 2 aromatic carbocycles. The van der Waals surface area contributed by atoms with Crippen LogP contribution in [0.4, 0.5) is 0 Å². The normalized spacial score (nSPS) is 16.9. The largest absolute Gasteiger partial charge is 0.492 e. The first-order valence-corrected chi connectivity index (χ1v) is 8.11. The van der Waals surface area contributed by atoms with Crippen molar-refractivity contribution in [2.75, 3.05) is 13.2 Å². The summed E-state index contributed by atoms with van der Waals surface area (Å²) in [6.45, 7) is 0.561. The van der Waals surface area contributed by atoms with Gasteiger partial charge in [-0.2, -0.15) is 0 Å². The average Bonchev–Trinajstić information content (AvgIpc) is 2.87. The van der Waals surface area contributed by atoms with Crippen LogP contribution in [0, 0.1) is 0 Å². The number of carbonyl (C=O) groups excluding carboxylic acids is 2. The summed E-state index contributed by atoms with van der Waals surface area (Å²) < 4.78 is 5.74. The highest BCUT2D eigenvalue weighted by Gasteiger charge is 2.37. The number of hydrogen-bond acceptors (Lipinski definition) is 3. The fourth-order valence-electron chi connectivity index (χ4n) is 3.20. The summed E-state index contributed by atoms with van der Waals surface area (Å²) in [5, 5.41) is 2.25. The van der Waals surface area contributed by atoms with Gasteiger partial charge in [-0.15, -0.1) is 0 Å². The lowest BCUT2D eigenvalue weighted by molar-refractivity contribution is -0.137. The molecule has 4 rings (SSSR count). The monoisotopic (exact) mass is 319 g/mol. The Bertz CT molecular complexity index is 895. The Kier molecular flexibility index (Phi) is 3.65. The van der Waals surface area contributed by atoms with Crippen LogP contribution in [0.3, 0.4) is 0 Å². The number of ether oxygens (including phenoxy) is 1. The predicted octanol–water partition coefficient (Wildman–Crippen LogP) is 3.23. The number of imide groups is 1. The van der Waals surface area contributed by atoms with Crippen molar-refractivity contribution in [2.45, 2.75) is 12.8 Å². The van der Waals surface area contributed by atoms with Crippen LogP contribution < -0.4 is 4.74 Å². The zero-order chi connectivity index (χ0) is 16.5. The van der Waals surface area contributed by atoms with E-state index >= 15 is 0 Å². The van der Waals surface area contributed by atoms with E-state index in [1.54, 1.807) is 6.08 Å². The lowest BCUT2D eigenvalue weighted by Crippen LogP contribution is -2.35. The topological polar surface area (TPSA) is 46.6 Å². The van der Waals surface area contributed by atoms with Crippen molar-refractivity contribution in [3.8, 4) is 5.75 Å². The molecular weight excluding hydrogens is 302 g/mol. The quantitative estimate of drug-likeness (QED) is 0.813. The van der Waals surface area contributed by atoms with E-state index in [9.17, 15) is 9.59 Å². The number of amides is 2. The first-order valence-electron chi connectivity index (χ1n) is 8.11. The van der Waals surface area contributed by atoms with Crippen molar-refractivity contribution in [2.24, 2.45) is 0 Å². The van der Waals surface area contributed by atoms with Gasteiger partial charge >= 0.3 is 0 Å². The van der Waals surface area contributed by atoms with Gasteiger partial charge in [0, 0.05) is 11.1 Å². The summed E-state index contributed by atoms with van der Waals surface area (Å²) in [7, 11) is 0. The molecule has 0 saturated heterocycles. The second kappa shape index (κ2) is 5.96. The molecule has 1 aliphatic heterocycles. The lowest BCUT2D eigenvalue weighted by Gasteiger charge is -2.15. The molecule has 1 heterocycles. The smallest absolute Gasteiger partial charge is 0.261 e. The molecule has 1 aliphatic carbocycles. The zero-order valence-corrected chi connectivity index (χ0v) is 13.2. The second-order valence-electron chi connectivity index (χ2n) is 5.95. The Hall–Kier alpha value is -2.88. The Balaban J connectivity index is 1.41. The van der Waals surface area contributed by atoms with Crippen molar-refractivity contribution in [3.05, 3.63) is 65.8 Å². The van der Waals surface area contributed by atoms with Gasteiger partial charge < -0.3 is 4.74 Å². The van der Waals surface area contributed by atoms with Crippen LogP contribution in [0.1, 0.15) is 12.8 Å². The molecule has 0 spiro atoms. The molecule has 2 aromatic rings. The SMILES string of the molecule is O=C1C2=C(CCC=C2)C(=O)N1CCOc1ccc2ccccc2c1. The molecule has 24 heavy (non-hydrogen) atoms. The summed E-state index contributed by atoms with van der Waals surface area (Å²) >= 11 is 0. The molecule has 0 bridgehead atoms. The minimum Gasteiger partial charge on any atom is -0.492 e. The number of hydrogen-bond donors (Lipinski definition) is 0. The highest BCUT2D eigenvalue weighted by molar-refractivity contribution is 6.20. The molecule has 0 radical (unpaired) electrons. The van der Waals surface area contributed by atoms with Gasteiger partial charge in [-0.3, -0.25) is 14.5 Å². The number of fused-ring (bicyclic) bond motifs is 1. The number of allylic oxidation sites excluding steroid dienone is 1. The summed E-state index contributed by atoms with van der Waals surface area (Å²) in [5.41, 5.74) is 1.20. The van der Waals surface area contributed by atoms with Crippen LogP contribution in [-0.4, -0.2) is 29.9 Å². The van der Waals surface area contributed by atoms with E-state index in [0.29, 0.717) is 24.2 Å². The molecule has 0 unspecified atom stereocenters. The standard InChI is InChI=1S/C20H17NO3/c22-19-17-7-3-4-8-18(17)20(23)21(19)11-12-24-16-10-9-14-5-1-2-6-15(14)13-16/h1-3,5-7,9-10,13H,4,8,11-12H2. The fraction of sp³-hybridized carbons (Fsp3) is 0.200. The van der Waals surface area contributed by atoms with Gasteiger partial charge in [0.05, 0.1) is 6.54 Å². The van der Waals surface area contributed by atoms with Crippen molar-refractivity contribution in [1.29, 1.82) is 0 Å². The molecular formula is C20H17NO3. The third kappa shape index (κ3) is 2.50. The second-order valence-corrected chi connectivity index (χ2v) is 5.95. The van der Waals surface area contributed by atoms with Gasteiger partial charge in [0.15, 0.2) is 0 Å². The van der Waals surface area contributed by atoms with E-state index in [1.165, 1.54) is 4.90 Å². The van der Waals surface area contributed by atoms with E-state index < -0.39 is 0 Å². The molecule has 0 aromatic heterocycles. The number of carbonyl (C=O) groups is 2. The molecule has 0 saturated carbocycles. The highest BCUT2D eigenvalue weighted by atomic mass is 16.5. The van der Waals surface area contributed by atoms with Gasteiger partial charge in [0.2, 0.25) is 0 Å². The minimum absolute atomic E-state index is 0.165. The van der Waals surface area contributed by atoms with Crippen LogP contribution in [0.2, 0.25) is 0 Å². The third-order valence-corrected chi connectivity index (χ3v) is 4.45. The van der Waals surface area contributed by atoms with Crippen LogP contribution in [-0.2, 0) is 9.59 Å². The molecule has 120 valence electrons. The van der Waals surface area contributed by atoms with Crippen molar-refractivity contribution >= 4 is 22.6 Å². The Morgan fingerprint density at radius 3 is 2.67 bits per heavy atom. The van der Waals surface area contributed by atoms with Crippen molar-refractivity contribution in [1.82, 2.24) is 4.90 Å². The average molecular weight is 319 g/mol. The Morgan fingerprint density at radius 2 is 1.83 bits per heavy atom. The van der Waals surface area contributed by atoms with Crippen LogP contribution in [0.25, 0.3) is 10.8 Å². The maximum atomic E-state index is 12.3. The first kappa shape index (κ1) is 14.7. The van der Waals surface area contributed by atoms with Crippen LogP contribution >= 0.6 is 0 Å². The van der Waals surface area contributed by atoms with E-state index in [0.717, 1.165) is 22.9 Å². The van der Waals surface area contributed by atoms with E-state index in [1.807, 2.05) is 48.5 Å². The van der Waals surface area contributed by atoms with Gasteiger partial charge in [0.1, 0.15) is 12.4 Å². The van der Waals surface area contributed by atoms with Crippen molar-refractivity contribution < 1.29 is 14.3 Å². The van der Waals surface area contributed by atoms with Gasteiger partial charge in [-0.1, -0.05) is 42.5 Å². The molecule has 0 N–H and O–H groups in total. The summed E-state index contributed by atoms with van der Waals surface area (Å²) in [6.07, 6.45) is 5.18. The maximum Gasteiger partial charge on any atom is 0.261 e. The summed E-state index contributed by atoms with van der Waals surface area (Å²) in [6, 6.07) is 13.9. The number of nitrogens with zero attached hydrogens (tertiary/aromatic N) is 1. The van der Waals surface area contributed by atoms with Crippen LogP contribution in [0.15, 0.2) is 65.8 Å². The maximum absolute atomic E-state index is 12.3. The van der Waals surface area contributed by atoms with E-state index in [2.05, 4.69) is 0 Å². The number of rotatable bonds is 4. The number of benzene rings is 2. The summed E-state index contributed by atoms with van der Waals surface area (Å²) in [4.78, 5) is 25.9. The molecule has 0 fully saturated rings. The molecule has 4 heteroatoms. The zero-order valence-electron chi connectivity index (χ0n) is 13.2. The fourth-order valence-corrected chi connectivity index (χ4v) is 3.20. The summed E-state index contributed by atoms with van der Waals surface area (Å²) in [5.74, 6) is 0.375. The third-order valence-electron chi connectivity index (χ3n) is 4.45. The molecule has 2 aliphatic rings. The van der Waals surface area contributed by atoms with Crippen molar-refractivity contribution in [3.63, 3.8) is 0 Å². The molecule has 4 nitrogen and oxygen atoms in total. The van der Waals surface area contributed by atoms with Gasteiger partial charge in [0.25, 0.3) is 11.8 Å². The first-order chi connectivity index (χ1) is 11.7. The Morgan fingerprint density at radius 1 is 1.00 bits per heavy atom. The van der Waals surface area contributed by atoms with Gasteiger partial charge in [-0.25, -0.2) is 0 Å². The predicted molar refractivity (Wildman–Crippen MR) is 91.6 cm³/mol. The van der Waals surface area contributed by atoms with Gasteiger partial charge in [-0.05, 0) is 35.7 Å². The van der Waals surface area contributed by atoms with E-state index in [4.69, 9.17) is 4.74 Å². The van der Waals surface area contributed by atoms with E-state index in [-0.39, 0.29) is 18.4 Å². The lowest BCUT2D eigenvalue weighted by atomic mass is 10.00. The van der Waals surface area contributed by atoms with Crippen LogP contribution in [0.5, 0.6) is 5.75 Å².